The summed E-state index contributed by atoms with van der Waals surface area (Å²) in [7, 11) is 0. The summed E-state index contributed by atoms with van der Waals surface area (Å²) < 4.78 is 5.63. The molecule has 0 fully saturated rings. The van der Waals surface area contributed by atoms with Gasteiger partial charge in [0.2, 0.25) is 0 Å². The minimum absolute atomic E-state index is 0.809. The van der Waals surface area contributed by atoms with Crippen molar-refractivity contribution in [2.45, 2.75) is 72.6 Å². The highest BCUT2D eigenvalue weighted by molar-refractivity contribution is 4.52. The molecular formula is C17H37NO. The van der Waals surface area contributed by atoms with E-state index in [0.717, 1.165) is 31.6 Å². The van der Waals surface area contributed by atoms with E-state index in [-0.39, 0.29) is 0 Å². The fourth-order valence-electron chi connectivity index (χ4n) is 2.08. The molecule has 0 spiro atoms. The second-order valence-corrected chi connectivity index (χ2v) is 6.50. The Balaban J connectivity index is 2.95. The highest BCUT2D eigenvalue weighted by atomic mass is 16.5. The Bertz CT molecular complexity index is 151. The Morgan fingerprint density at radius 3 is 1.84 bits per heavy atom. The number of hydrogen-bond acceptors (Lipinski definition) is 2. The summed E-state index contributed by atoms with van der Waals surface area (Å²) in [6, 6.07) is 0. The molecule has 19 heavy (non-hydrogen) atoms. The molecule has 0 bridgehead atoms. The summed E-state index contributed by atoms with van der Waals surface area (Å²) in [5, 5.41) is 3.52. The fraction of sp³-hybridized carbons (Fsp3) is 1.00. The number of ether oxygens (including phenoxy) is 1. The minimum Gasteiger partial charge on any atom is -0.381 e. The predicted octanol–water partition coefficient (Wildman–Crippen LogP) is 4.64. The average Bonchev–Trinajstić information content (AvgIpc) is 2.34. The second kappa shape index (κ2) is 14.3. The third kappa shape index (κ3) is 17.9. The lowest BCUT2D eigenvalue weighted by molar-refractivity contribution is 0.124. The van der Waals surface area contributed by atoms with Crippen molar-refractivity contribution < 1.29 is 4.74 Å². The van der Waals surface area contributed by atoms with E-state index in [1.165, 1.54) is 51.5 Å². The maximum Gasteiger partial charge on any atom is 0.0466 e. The van der Waals surface area contributed by atoms with E-state index in [0.29, 0.717) is 0 Å². The molecule has 116 valence electrons. The van der Waals surface area contributed by atoms with E-state index in [1.54, 1.807) is 0 Å². The molecule has 0 atom stereocenters. The zero-order valence-corrected chi connectivity index (χ0v) is 13.8. The zero-order chi connectivity index (χ0) is 14.3. The summed E-state index contributed by atoms with van der Waals surface area (Å²) in [6.45, 7) is 13.4. The highest BCUT2D eigenvalue weighted by Crippen LogP contribution is 2.05. The van der Waals surface area contributed by atoms with Crippen LogP contribution in [0.1, 0.15) is 72.6 Å². The molecule has 0 aliphatic carbocycles. The summed E-state index contributed by atoms with van der Waals surface area (Å²) in [6.07, 6.45) is 9.00. The number of nitrogens with one attached hydrogen (secondary N) is 1. The molecule has 0 aliphatic heterocycles. The van der Waals surface area contributed by atoms with Crippen molar-refractivity contribution >= 4 is 0 Å². The van der Waals surface area contributed by atoms with Crippen LogP contribution < -0.4 is 5.32 Å². The van der Waals surface area contributed by atoms with Gasteiger partial charge in [-0.3, -0.25) is 0 Å². The lowest BCUT2D eigenvalue weighted by Crippen LogP contribution is -2.17. The van der Waals surface area contributed by atoms with E-state index >= 15 is 0 Å². The average molecular weight is 271 g/mol. The van der Waals surface area contributed by atoms with Crippen LogP contribution in [0.3, 0.4) is 0 Å². The van der Waals surface area contributed by atoms with Gasteiger partial charge in [-0.05, 0) is 57.0 Å². The van der Waals surface area contributed by atoms with Gasteiger partial charge in [0, 0.05) is 13.2 Å². The minimum atomic E-state index is 0.809. The van der Waals surface area contributed by atoms with Crippen LogP contribution in [0.15, 0.2) is 0 Å². The molecule has 2 heteroatoms. The van der Waals surface area contributed by atoms with Crippen LogP contribution >= 0.6 is 0 Å². The van der Waals surface area contributed by atoms with Gasteiger partial charge < -0.3 is 10.1 Å². The van der Waals surface area contributed by atoms with Crippen LogP contribution in [0.4, 0.5) is 0 Å². The first kappa shape index (κ1) is 18.9. The molecule has 0 aliphatic rings. The molecule has 0 saturated heterocycles. The SMILES string of the molecule is CC(C)CCCCNCCCCOCCCC(C)C. The molecule has 2 nitrogen and oxygen atoms in total. The predicted molar refractivity (Wildman–Crippen MR) is 85.7 cm³/mol. The van der Waals surface area contributed by atoms with Gasteiger partial charge in [-0.2, -0.15) is 0 Å². The van der Waals surface area contributed by atoms with E-state index < -0.39 is 0 Å². The van der Waals surface area contributed by atoms with Crippen LogP contribution in [0.25, 0.3) is 0 Å². The van der Waals surface area contributed by atoms with Crippen LogP contribution in [0, 0.1) is 11.8 Å². The van der Waals surface area contributed by atoms with Gasteiger partial charge in [0.05, 0.1) is 0 Å². The van der Waals surface area contributed by atoms with Gasteiger partial charge in [0.25, 0.3) is 0 Å². The monoisotopic (exact) mass is 271 g/mol. The number of hydrogen-bond donors (Lipinski definition) is 1. The zero-order valence-electron chi connectivity index (χ0n) is 13.8. The van der Waals surface area contributed by atoms with Gasteiger partial charge >= 0.3 is 0 Å². The van der Waals surface area contributed by atoms with E-state index in [9.17, 15) is 0 Å². The third-order valence-electron chi connectivity index (χ3n) is 3.35. The molecule has 0 amide bonds. The van der Waals surface area contributed by atoms with Gasteiger partial charge in [0.15, 0.2) is 0 Å². The fourth-order valence-corrected chi connectivity index (χ4v) is 2.08. The van der Waals surface area contributed by atoms with Crippen LogP contribution in [-0.4, -0.2) is 26.3 Å². The molecule has 0 radical (unpaired) electrons. The Morgan fingerprint density at radius 2 is 1.21 bits per heavy atom. The topological polar surface area (TPSA) is 21.3 Å². The van der Waals surface area contributed by atoms with Gasteiger partial charge in [-0.25, -0.2) is 0 Å². The first-order valence-electron chi connectivity index (χ1n) is 8.41. The Labute approximate surface area is 121 Å². The van der Waals surface area contributed by atoms with Gasteiger partial charge in [-0.15, -0.1) is 0 Å². The van der Waals surface area contributed by atoms with E-state index in [2.05, 4.69) is 33.0 Å². The van der Waals surface area contributed by atoms with Gasteiger partial charge in [-0.1, -0.05) is 40.5 Å². The van der Waals surface area contributed by atoms with Crippen molar-refractivity contribution in [1.82, 2.24) is 5.32 Å². The van der Waals surface area contributed by atoms with Crippen molar-refractivity contribution in [2.75, 3.05) is 26.3 Å². The van der Waals surface area contributed by atoms with Crippen molar-refractivity contribution in [2.24, 2.45) is 11.8 Å². The first-order chi connectivity index (χ1) is 9.13. The van der Waals surface area contributed by atoms with Crippen molar-refractivity contribution in [3.8, 4) is 0 Å². The lowest BCUT2D eigenvalue weighted by Gasteiger charge is -2.07. The Hall–Kier alpha value is -0.0800. The summed E-state index contributed by atoms with van der Waals surface area (Å²) in [5.74, 6) is 1.66. The van der Waals surface area contributed by atoms with Crippen molar-refractivity contribution in [3.05, 3.63) is 0 Å². The van der Waals surface area contributed by atoms with E-state index in [1.807, 2.05) is 0 Å². The Morgan fingerprint density at radius 1 is 0.684 bits per heavy atom. The normalized spacial score (nSPS) is 11.7. The molecule has 0 aromatic heterocycles. The summed E-state index contributed by atoms with van der Waals surface area (Å²) >= 11 is 0. The molecule has 0 aromatic carbocycles. The summed E-state index contributed by atoms with van der Waals surface area (Å²) in [5.41, 5.74) is 0. The van der Waals surface area contributed by atoms with Crippen molar-refractivity contribution in [1.29, 1.82) is 0 Å². The maximum atomic E-state index is 5.63. The molecule has 0 rings (SSSR count). The maximum absolute atomic E-state index is 5.63. The quantitative estimate of drug-likeness (QED) is 0.465. The number of unbranched alkanes of at least 4 members (excludes halogenated alkanes) is 2. The summed E-state index contributed by atoms with van der Waals surface area (Å²) in [4.78, 5) is 0. The lowest BCUT2D eigenvalue weighted by atomic mass is 10.1. The highest BCUT2D eigenvalue weighted by Gasteiger charge is 1.95. The molecule has 0 unspecified atom stereocenters. The third-order valence-corrected chi connectivity index (χ3v) is 3.35. The van der Waals surface area contributed by atoms with Crippen LogP contribution in [-0.2, 0) is 4.74 Å². The molecule has 1 N–H and O–H groups in total. The van der Waals surface area contributed by atoms with Crippen LogP contribution in [0.5, 0.6) is 0 Å². The molecule has 0 aromatic rings. The largest absolute Gasteiger partial charge is 0.381 e. The molecule has 0 heterocycles. The molecular weight excluding hydrogens is 234 g/mol. The van der Waals surface area contributed by atoms with Gasteiger partial charge in [0.1, 0.15) is 0 Å². The van der Waals surface area contributed by atoms with E-state index in [4.69, 9.17) is 4.74 Å². The standard InChI is InChI=1S/C17H37NO/c1-16(2)10-5-6-12-18-13-7-8-14-19-15-9-11-17(3)4/h16-18H,5-15H2,1-4H3. The van der Waals surface area contributed by atoms with Crippen molar-refractivity contribution in [3.63, 3.8) is 0 Å². The number of rotatable bonds is 14. The van der Waals surface area contributed by atoms with Crippen LogP contribution in [0.2, 0.25) is 0 Å². The Kier molecular flexibility index (Phi) is 14.3. The molecule has 0 saturated carbocycles. The first-order valence-corrected chi connectivity index (χ1v) is 8.41. The smallest absolute Gasteiger partial charge is 0.0466 e. The second-order valence-electron chi connectivity index (χ2n) is 6.50.